The molecule has 9 aromatic carbocycles. The van der Waals surface area contributed by atoms with E-state index in [-0.39, 0.29) is 0 Å². The zero-order valence-electron chi connectivity index (χ0n) is 29.2. The molecule has 0 fully saturated rings. The molecule has 0 amide bonds. The topological polar surface area (TPSA) is 43.9 Å². The molecule has 55 heavy (non-hydrogen) atoms. The predicted molar refractivity (Wildman–Crippen MR) is 232 cm³/mol. The molecule has 0 aliphatic heterocycles. The molecule has 0 bridgehead atoms. The van der Waals surface area contributed by atoms with Crippen molar-refractivity contribution in [2.75, 3.05) is 0 Å². The molecule has 5 heteroatoms. The van der Waals surface area contributed by atoms with Gasteiger partial charge in [0.05, 0.1) is 11.0 Å². The Hall–Kier alpha value is -7.08. The molecule has 0 unspecified atom stereocenters. The van der Waals surface area contributed by atoms with Crippen LogP contribution in [0, 0.1) is 0 Å². The number of thiophene rings is 1. The van der Waals surface area contributed by atoms with E-state index in [1.54, 1.807) is 11.3 Å². The van der Waals surface area contributed by atoms with Gasteiger partial charge < -0.3 is 4.42 Å². The van der Waals surface area contributed by atoms with Gasteiger partial charge in [-0.15, -0.1) is 11.3 Å². The Morgan fingerprint density at radius 2 is 1.07 bits per heavy atom. The quantitative estimate of drug-likeness (QED) is 0.167. The minimum absolute atomic E-state index is 0.798. The first-order chi connectivity index (χ1) is 27.3. The number of nitrogens with zero attached hydrogens (tertiary/aromatic N) is 3. The molecule has 0 atom stereocenters. The van der Waals surface area contributed by atoms with E-state index in [0.717, 1.165) is 65.8 Å². The van der Waals surface area contributed by atoms with Crippen molar-refractivity contribution in [2.45, 2.75) is 0 Å². The molecule has 13 rings (SSSR count). The lowest BCUT2D eigenvalue weighted by Crippen LogP contribution is -2.03. The van der Waals surface area contributed by atoms with Crippen molar-refractivity contribution in [3.63, 3.8) is 0 Å². The Morgan fingerprint density at radius 1 is 0.455 bits per heavy atom. The number of para-hydroxylation sites is 1. The summed E-state index contributed by atoms with van der Waals surface area (Å²) in [5.74, 6) is 0.798. The monoisotopic (exact) mass is 717 g/mol. The van der Waals surface area contributed by atoms with Crippen molar-refractivity contribution < 1.29 is 4.42 Å². The molecule has 254 valence electrons. The predicted octanol–water partition coefficient (Wildman–Crippen LogP) is 14.1. The van der Waals surface area contributed by atoms with Gasteiger partial charge in [-0.25, -0.2) is 9.97 Å². The second-order valence-corrected chi connectivity index (χ2v) is 15.5. The standard InChI is InChI=1S/C50H27N3OS/c1-2-12-30-28(11-1)21-24-39-45-40(26-25-37-33-15-4-3-13-31(33)32-14-5-6-17-36(32)44(37)45)53(48(30)39)49-46(52-50-47(51-49)38-18-8-10-20-43(38)55-50)29-22-23-35-34-16-7-9-19-41(34)54-42(35)27-29/h1-27H. The zero-order chi connectivity index (χ0) is 35.8. The van der Waals surface area contributed by atoms with Gasteiger partial charge in [0, 0.05) is 48.0 Å². The van der Waals surface area contributed by atoms with Crippen LogP contribution in [0.25, 0.3) is 124 Å². The normalized spacial score (nSPS) is 12.4. The van der Waals surface area contributed by atoms with Crippen molar-refractivity contribution in [2.24, 2.45) is 0 Å². The maximum Gasteiger partial charge on any atom is 0.165 e. The van der Waals surface area contributed by atoms with Gasteiger partial charge in [-0.1, -0.05) is 133 Å². The second kappa shape index (κ2) is 10.8. The SMILES string of the molecule is c1ccc2c(c1)ccc1c3c4c5ccccc5c5ccccc5c4ccc3n(-c3nc4c(nc3-c3ccc5c(c3)oc3ccccc35)sc3ccccc34)c21. The molecule has 0 saturated heterocycles. The molecule has 4 aromatic heterocycles. The highest BCUT2D eigenvalue weighted by Crippen LogP contribution is 2.46. The lowest BCUT2D eigenvalue weighted by atomic mass is 9.91. The lowest BCUT2D eigenvalue weighted by Gasteiger charge is -2.15. The Bertz CT molecular complexity index is 3760. The molecule has 0 N–H and O–H groups in total. The Balaban J connectivity index is 1.25. The van der Waals surface area contributed by atoms with Crippen LogP contribution < -0.4 is 0 Å². The van der Waals surface area contributed by atoms with Crippen LogP contribution >= 0.6 is 11.3 Å². The third-order valence-corrected chi connectivity index (χ3v) is 12.6. The summed E-state index contributed by atoms with van der Waals surface area (Å²) < 4.78 is 10.0. The number of furan rings is 1. The summed E-state index contributed by atoms with van der Waals surface area (Å²) in [6.45, 7) is 0. The Labute approximate surface area is 317 Å². The van der Waals surface area contributed by atoms with E-state index < -0.39 is 0 Å². The van der Waals surface area contributed by atoms with Crippen LogP contribution in [0.3, 0.4) is 0 Å². The van der Waals surface area contributed by atoms with Crippen LogP contribution in [0.5, 0.6) is 0 Å². The molecular formula is C50H27N3OS. The van der Waals surface area contributed by atoms with Gasteiger partial charge in [0.25, 0.3) is 0 Å². The maximum absolute atomic E-state index is 6.45. The average Bonchev–Trinajstić information content (AvgIpc) is 3.92. The van der Waals surface area contributed by atoms with E-state index in [4.69, 9.17) is 14.4 Å². The fourth-order valence-electron chi connectivity index (χ4n) is 9.22. The zero-order valence-corrected chi connectivity index (χ0v) is 30.1. The van der Waals surface area contributed by atoms with E-state index in [9.17, 15) is 0 Å². The number of aromatic nitrogens is 3. The Kier molecular flexibility index (Phi) is 5.74. The van der Waals surface area contributed by atoms with Crippen LogP contribution in [0.4, 0.5) is 0 Å². The van der Waals surface area contributed by atoms with E-state index in [1.807, 2.05) is 12.1 Å². The van der Waals surface area contributed by atoms with Crippen LogP contribution in [-0.4, -0.2) is 14.5 Å². The number of fused-ring (bicyclic) bond motifs is 18. The molecule has 4 nitrogen and oxygen atoms in total. The summed E-state index contributed by atoms with van der Waals surface area (Å²) in [6, 6.07) is 58.8. The summed E-state index contributed by atoms with van der Waals surface area (Å²) >= 11 is 1.69. The van der Waals surface area contributed by atoms with Crippen LogP contribution in [0.15, 0.2) is 168 Å². The molecule has 0 spiro atoms. The van der Waals surface area contributed by atoms with E-state index in [1.165, 1.54) is 58.6 Å². The average molecular weight is 718 g/mol. The molecular weight excluding hydrogens is 691 g/mol. The molecule has 0 aliphatic rings. The first-order valence-electron chi connectivity index (χ1n) is 18.6. The van der Waals surface area contributed by atoms with Gasteiger partial charge in [-0.3, -0.25) is 4.57 Å². The maximum atomic E-state index is 6.45. The number of hydrogen-bond donors (Lipinski definition) is 0. The smallest absolute Gasteiger partial charge is 0.165 e. The van der Waals surface area contributed by atoms with Crippen molar-refractivity contribution in [1.82, 2.24) is 14.5 Å². The van der Waals surface area contributed by atoms with E-state index in [2.05, 4.69) is 156 Å². The summed E-state index contributed by atoms with van der Waals surface area (Å²) in [4.78, 5) is 12.1. The fraction of sp³-hybridized carbons (Fsp3) is 0. The number of rotatable bonds is 2. The summed E-state index contributed by atoms with van der Waals surface area (Å²) in [5.41, 5.74) is 6.62. The summed E-state index contributed by atoms with van der Waals surface area (Å²) in [5, 5.41) is 15.6. The van der Waals surface area contributed by atoms with Gasteiger partial charge in [0.2, 0.25) is 0 Å². The molecule has 13 aromatic rings. The minimum Gasteiger partial charge on any atom is -0.456 e. The van der Waals surface area contributed by atoms with Crippen molar-refractivity contribution in [3.8, 4) is 17.1 Å². The summed E-state index contributed by atoms with van der Waals surface area (Å²) in [6.07, 6.45) is 0. The van der Waals surface area contributed by atoms with Gasteiger partial charge in [-0.2, -0.15) is 0 Å². The third-order valence-electron chi connectivity index (χ3n) is 11.6. The highest BCUT2D eigenvalue weighted by molar-refractivity contribution is 7.25. The van der Waals surface area contributed by atoms with Gasteiger partial charge in [-0.05, 0) is 62.6 Å². The van der Waals surface area contributed by atoms with E-state index in [0.29, 0.717) is 0 Å². The van der Waals surface area contributed by atoms with Crippen LogP contribution in [0.1, 0.15) is 0 Å². The Morgan fingerprint density at radius 3 is 1.91 bits per heavy atom. The van der Waals surface area contributed by atoms with Crippen LogP contribution in [-0.2, 0) is 0 Å². The number of hydrogen-bond acceptors (Lipinski definition) is 4. The molecule has 0 radical (unpaired) electrons. The van der Waals surface area contributed by atoms with E-state index >= 15 is 0 Å². The molecule has 4 heterocycles. The van der Waals surface area contributed by atoms with Gasteiger partial charge in [0.15, 0.2) is 5.82 Å². The highest BCUT2D eigenvalue weighted by Gasteiger charge is 2.25. The van der Waals surface area contributed by atoms with Crippen molar-refractivity contribution in [3.05, 3.63) is 164 Å². The minimum atomic E-state index is 0.798. The lowest BCUT2D eigenvalue weighted by molar-refractivity contribution is 0.669. The van der Waals surface area contributed by atoms with Crippen molar-refractivity contribution in [1.29, 1.82) is 0 Å². The summed E-state index contributed by atoms with van der Waals surface area (Å²) in [7, 11) is 0. The number of benzene rings is 9. The first kappa shape index (κ1) is 29.4. The van der Waals surface area contributed by atoms with Crippen LogP contribution in [0.2, 0.25) is 0 Å². The molecule has 0 saturated carbocycles. The third kappa shape index (κ3) is 3.94. The largest absolute Gasteiger partial charge is 0.456 e. The molecule has 0 aliphatic carbocycles. The van der Waals surface area contributed by atoms with Gasteiger partial charge in [0.1, 0.15) is 27.2 Å². The van der Waals surface area contributed by atoms with Crippen molar-refractivity contribution >= 4 is 119 Å². The highest BCUT2D eigenvalue weighted by atomic mass is 32.1. The second-order valence-electron chi connectivity index (χ2n) is 14.4. The fourth-order valence-corrected chi connectivity index (χ4v) is 10.2. The first-order valence-corrected chi connectivity index (χ1v) is 19.4. The van der Waals surface area contributed by atoms with Gasteiger partial charge >= 0.3 is 0 Å².